The van der Waals surface area contributed by atoms with Gasteiger partial charge in [0.05, 0.1) is 6.61 Å². The zero-order valence-corrected chi connectivity index (χ0v) is 12.3. The standard InChI is InChI=1S/C15H23FN2O2/c1-11-6-7-12(16)10-13(11)20-9-5-4-8-15(2,3)14(17)18-19/h6-7,10,19H,4-5,8-9H2,1-3H3,(H2,17,18). The number of nitrogens with two attached hydrogens (primary N) is 1. The van der Waals surface area contributed by atoms with Gasteiger partial charge in [0.1, 0.15) is 17.4 Å². The van der Waals surface area contributed by atoms with Crippen LogP contribution in [0.1, 0.15) is 38.7 Å². The quantitative estimate of drug-likeness (QED) is 0.264. The molecule has 0 amide bonds. The van der Waals surface area contributed by atoms with Gasteiger partial charge >= 0.3 is 0 Å². The van der Waals surface area contributed by atoms with E-state index in [9.17, 15) is 4.39 Å². The molecule has 0 bridgehead atoms. The van der Waals surface area contributed by atoms with Crippen molar-refractivity contribution < 1.29 is 14.3 Å². The molecule has 1 rings (SSSR count). The van der Waals surface area contributed by atoms with Crippen molar-refractivity contribution in [3.63, 3.8) is 0 Å². The molecule has 3 N–H and O–H groups in total. The normalized spacial score (nSPS) is 12.5. The molecule has 0 aliphatic rings. The second kappa shape index (κ2) is 7.12. The number of amidine groups is 1. The van der Waals surface area contributed by atoms with Gasteiger partial charge in [-0.3, -0.25) is 0 Å². The molecule has 112 valence electrons. The molecule has 0 aliphatic heterocycles. The molecule has 5 heteroatoms. The maximum Gasteiger partial charge on any atom is 0.144 e. The van der Waals surface area contributed by atoms with Crippen LogP contribution in [0.15, 0.2) is 23.4 Å². The maximum atomic E-state index is 13.1. The van der Waals surface area contributed by atoms with E-state index in [0.29, 0.717) is 12.4 Å². The first-order valence-corrected chi connectivity index (χ1v) is 6.74. The summed E-state index contributed by atoms with van der Waals surface area (Å²) in [5, 5.41) is 11.7. The number of oxime groups is 1. The predicted octanol–water partition coefficient (Wildman–Crippen LogP) is 3.46. The van der Waals surface area contributed by atoms with E-state index >= 15 is 0 Å². The Hall–Kier alpha value is -1.78. The Balaban J connectivity index is 2.34. The summed E-state index contributed by atoms with van der Waals surface area (Å²) in [6.45, 7) is 6.27. The Morgan fingerprint density at radius 3 is 2.75 bits per heavy atom. The van der Waals surface area contributed by atoms with Gasteiger partial charge in [-0.2, -0.15) is 0 Å². The number of unbranched alkanes of at least 4 members (excludes halogenated alkanes) is 1. The van der Waals surface area contributed by atoms with Crippen LogP contribution in [0.2, 0.25) is 0 Å². The second-order valence-corrected chi connectivity index (χ2v) is 5.58. The third kappa shape index (κ3) is 4.72. The molecule has 1 aromatic carbocycles. The summed E-state index contributed by atoms with van der Waals surface area (Å²) in [6.07, 6.45) is 2.52. The minimum atomic E-state index is -0.330. The van der Waals surface area contributed by atoms with Crippen LogP contribution in [0.25, 0.3) is 0 Å². The van der Waals surface area contributed by atoms with Gasteiger partial charge in [-0.1, -0.05) is 25.1 Å². The van der Waals surface area contributed by atoms with Gasteiger partial charge in [0.25, 0.3) is 0 Å². The molecule has 0 aromatic heterocycles. The van der Waals surface area contributed by atoms with Crippen LogP contribution in [0, 0.1) is 18.2 Å². The SMILES string of the molecule is Cc1ccc(F)cc1OCCCCC(C)(C)/C(N)=N/O. The van der Waals surface area contributed by atoms with Crippen LogP contribution < -0.4 is 10.5 Å². The van der Waals surface area contributed by atoms with Crippen molar-refractivity contribution in [1.29, 1.82) is 0 Å². The molecule has 0 spiro atoms. The lowest BCUT2D eigenvalue weighted by atomic mass is 9.86. The average Bonchev–Trinajstić information content (AvgIpc) is 2.41. The number of ether oxygens (including phenoxy) is 1. The van der Waals surface area contributed by atoms with Crippen molar-refractivity contribution in [1.82, 2.24) is 0 Å². The number of aryl methyl sites for hydroxylation is 1. The van der Waals surface area contributed by atoms with Crippen LogP contribution in [0.3, 0.4) is 0 Å². The molecule has 20 heavy (non-hydrogen) atoms. The molecule has 0 saturated heterocycles. The Bertz CT molecular complexity index is 473. The van der Waals surface area contributed by atoms with Crippen molar-refractivity contribution in [3.8, 4) is 5.75 Å². The predicted molar refractivity (Wildman–Crippen MR) is 77.7 cm³/mol. The number of benzene rings is 1. The zero-order valence-electron chi connectivity index (χ0n) is 12.3. The second-order valence-electron chi connectivity index (χ2n) is 5.58. The molecule has 0 heterocycles. The fraction of sp³-hybridized carbons (Fsp3) is 0.533. The molecular formula is C15H23FN2O2. The lowest BCUT2D eigenvalue weighted by molar-refractivity contribution is 0.286. The van der Waals surface area contributed by atoms with Crippen LogP contribution in [0.5, 0.6) is 5.75 Å². The van der Waals surface area contributed by atoms with Crippen LogP contribution in [0.4, 0.5) is 4.39 Å². The topological polar surface area (TPSA) is 67.8 Å². The number of halogens is 1. The highest BCUT2D eigenvalue weighted by atomic mass is 19.1. The van der Waals surface area contributed by atoms with E-state index in [1.165, 1.54) is 12.1 Å². The molecule has 0 unspecified atom stereocenters. The maximum absolute atomic E-state index is 13.1. The molecule has 4 nitrogen and oxygen atoms in total. The fourth-order valence-electron chi connectivity index (χ4n) is 1.84. The first-order valence-electron chi connectivity index (χ1n) is 6.74. The van der Waals surface area contributed by atoms with Crippen LogP contribution in [-0.2, 0) is 0 Å². The van der Waals surface area contributed by atoms with Gasteiger partial charge in [0.2, 0.25) is 0 Å². The first kappa shape index (κ1) is 16.3. The summed E-state index contributed by atoms with van der Waals surface area (Å²) >= 11 is 0. The van der Waals surface area contributed by atoms with Gasteiger partial charge in [-0.05, 0) is 37.8 Å². The molecule has 0 fully saturated rings. The first-order chi connectivity index (χ1) is 9.36. The molecular weight excluding hydrogens is 259 g/mol. The van der Waals surface area contributed by atoms with E-state index in [-0.39, 0.29) is 17.1 Å². The Labute approximate surface area is 119 Å². The zero-order chi connectivity index (χ0) is 15.2. The van der Waals surface area contributed by atoms with Gasteiger partial charge < -0.3 is 15.7 Å². The smallest absolute Gasteiger partial charge is 0.144 e. The van der Waals surface area contributed by atoms with Gasteiger partial charge in [-0.15, -0.1) is 0 Å². The summed E-state index contributed by atoms with van der Waals surface area (Å²) in [4.78, 5) is 0. The van der Waals surface area contributed by atoms with Crippen LogP contribution >= 0.6 is 0 Å². The average molecular weight is 282 g/mol. The lowest BCUT2D eigenvalue weighted by Crippen LogP contribution is -2.31. The highest BCUT2D eigenvalue weighted by molar-refractivity contribution is 5.85. The minimum absolute atomic E-state index is 0.236. The van der Waals surface area contributed by atoms with Gasteiger partial charge in [0, 0.05) is 11.5 Å². The minimum Gasteiger partial charge on any atom is -0.493 e. The monoisotopic (exact) mass is 282 g/mol. The van der Waals surface area contributed by atoms with Gasteiger partial charge in [-0.25, -0.2) is 4.39 Å². The Morgan fingerprint density at radius 1 is 1.40 bits per heavy atom. The largest absolute Gasteiger partial charge is 0.493 e. The van der Waals surface area contributed by atoms with Crippen molar-refractivity contribution in [2.75, 3.05) is 6.61 Å². The van der Waals surface area contributed by atoms with E-state index in [4.69, 9.17) is 15.7 Å². The summed E-state index contributed by atoms with van der Waals surface area (Å²) in [7, 11) is 0. The van der Waals surface area contributed by atoms with E-state index < -0.39 is 0 Å². The third-order valence-electron chi connectivity index (χ3n) is 3.41. The highest BCUT2D eigenvalue weighted by Gasteiger charge is 2.22. The van der Waals surface area contributed by atoms with Crippen molar-refractivity contribution in [2.45, 2.75) is 40.0 Å². The van der Waals surface area contributed by atoms with Gasteiger partial charge in [0.15, 0.2) is 0 Å². The Morgan fingerprint density at radius 2 is 2.10 bits per heavy atom. The van der Waals surface area contributed by atoms with Crippen molar-refractivity contribution >= 4 is 5.84 Å². The summed E-state index contributed by atoms with van der Waals surface area (Å²) in [6, 6.07) is 4.52. The summed E-state index contributed by atoms with van der Waals surface area (Å²) in [5.74, 6) is 0.527. The van der Waals surface area contributed by atoms with Crippen molar-refractivity contribution in [2.24, 2.45) is 16.3 Å². The van der Waals surface area contributed by atoms with Crippen molar-refractivity contribution in [3.05, 3.63) is 29.6 Å². The van der Waals surface area contributed by atoms with Crippen LogP contribution in [-0.4, -0.2) is 17.6 Å². The lowest BCUT2D eigenvalue weighted by Gasteiger charge is -2.22. The molecule has 0 saturated carbocycles. The Kier molecular flexibility index (Phi) is 5.80. The fourth-order valence-corrected chi connectivity index (χ4v) is 1.84. The van der Waals surface area contributed by atoms with E-state index in [1.54, 1.807) is 6.07 Å². The summed E-state index contributed by atoms with van der Waals surface area (Å²) < 4.78 is 18.6. The highest BCUT2D eigenvalue weighted by Crippen LogP contribution is 2.24. The molecule has 0 aliphatic carbocycles. The number of hydrogen-bond donors (Lipinski definition) is 2. The van der Waals surface area contributed by atoms with E-state index in [2.05, 4.69) is 5.16 Å². The molecule has 0 radical (unpaired) electrons. The summed E-state index contributed by atoms with van der Waals surface area (Å²) in [5.41, 5.74) is 6.21. The molecule has 1 aromatic rings. The third-order valence-corrected chi connectivity index (χ3v) is 3.41. The molecule has 0 atom stereocenters. The van der Waals surface area contributed by atoms with E-state index in [1.807, 2.05) is 20.8 Å². The number of hydrogen-bond acceptors (Lipinski definition) is 3. The number of nitrogens with zero attached hydrogens (tertiary/aromatic N) is 1. The van der Waals surface area contributed by atoms with E-state index in [0.717, 1.165) is 24.8 Å². The number of rotatable bonds is 7.